The lowest BCUT2D eigenvalue weighted by atomic mass is 10.0. The first-order chi connectivity index (χ1) is 17.6. The zero-order valence-corrected chi connectivity index (χ0v) is 20.2. The molecule has 0 saturated carbocycles. The Morgan fingerprint density at radius 3 is 2.50 bits per heavy atom. The molecule has 0 aliphatic carbocycles. The van der Waals surface area contributed by atoms with Crippen LogP contribution in [0.25, 0.3) is 11.1 Å². The van der Waals surface area contributed by atoms with Crippen LogP contribution in [0.15, 0.2) is 96.0 Å². The smallest absolute Gasteiger partial charge is 0.412 e. The van der Waals surface area contributed by atoms with Gasteiger partial charge in [0.1, 0.15) is 6.61 Å². The van der Waals surface area contributed by atoms with E-state index in [-0.39, 0.29) is 18.0 Å². The van der Waals surface area contributed by atoms with Gasteiger partial charge in [0, 0.05) is 23.3 Å². The van der Waals surface area contributed by atoms with Crippen molar-refractivity contribution in [3.05, 3.63) is 107 Å². The van der Waals surface area contributed by atoms with E-state index in [0.29, 0.717) is 23.8 Å². The standard InChI is InChI=1S/C29H24ClN3O3/c30-24-12-10-21(11-13-24)23-16-25(32-29(35)36-19-20-6-2-1-3-7-20)28(34)27(17-23)33-15-14-31-18-22-8-4-5-9-26(22)33/h1-13,16-18,34H,14-15,19H2,(H,32,35). The van der Waals surface area contributed by atoms with E-state index in [4.69, 9.17) is 16.3 Å². The summed E-state index contributed by atoms with van der Waals surface area (Å²) in [4.78, 5) is 19.2. The van der Waals surface area contributed by atoms with Gasteiger partial charge in [0.05, 0.1) is 23.6 Å². The number of benzodiazepines with no additional fused rings is 1. The number of amides is 1. The molecule has 6 nitrogen and oxygen atoms in total. The Morgan fingerprint density at radius 2 is 1.69 bits per heavy atom. The number of benzene rings is 4. The quantitative estimate of drug-likeness (QED) is 0.290. The van der Waals surface area contributed by atoms with Gasteiger partial charge < -0.3 is 14.7 Å². The van der Waals surface area contributed by atoms with E-state index in [1.165, 1.54) is 0 Å². The van der Waals surface area contributed by atoms with Gasteiger partial charge in [0.2, 0.25) is 0 Å². The summed E-state index contributed by atoms with van der Waals surface area (Å²) in [5.74, 6) is -0.0546. The summed E-state index contributed by atoms with van der Waals surface area (Å²) in [6.45, 7) is 1.23. The van der Waals surface area contributed by atoms with Gasteiger partial charge in [-0.1, -0.05) is 72.3 Å². The molecule has 1 aliphatic rings. The largest absolute Gasteiger partial charge is 0.504 e. The highest BCUT2D eigenvalue weighted by Gasteiger charge is 2.22. The van der Waals surface area contributed by atoms with Crippen LogP contribution >= 0.6 is 11.6 Å². The monoisotopic (exact) mass is 497 g/mol. The summed E-state index contributed by atoms with van der Waals surface area (Å²) in [7, 11) is 0. The normalized spacial score (nSPS) is 12.5. The van der Waals surface area contributed by atoms with E-state index in [1.54, 1.807) is 18.2 Å². The van der Waals surface area contributed by atoms with E-state index < -0.39 is 6.09 Å². The maximum absolute atomic E-state index is 12.7. The first kappa shape index (κ1) is 23.5. The molecule has 1 amide bonds. The summed E-state index contributed by atoms with van der Waals surface area (Å²) in [5.41, 5.74) is 5.23. The molecule has 0 unspecified atom stereocenters. The van der Waals surface area contributed by atoms with Gasteiger partial charge >= 0.3 is 6.09 Å². The van der Waals surface area contributed by atoms with Crippen LogP contribution in [0.5, 0.6) is 5.75 Å². The molecule has 0 atom stereocenters. The molecule has 1 heterocycles. The number of anilines is 3. The summed E-state index contributed by atoms with van der Waals surface area (Å²) < 4.78 is 5.40. The summed E-state index contributed by atoms with van der Waals surface area (Å²) in [5, 5.41) is 14.7. The van der Waals surface area contributed by atoms with Gasteiger partial charge in [-0.05, 0) is 47.0 Å². The molecule has 4 aromatic rings. The molecule has 0 spiro atoms. The Kier molecular flexibility index (Phi) is 6.87. The van der Waals surface area contributed by atoms with Crippen LogP contribution in [0, 0.1) is 0 Å². The summed E-state index contributed by atoms with van der Waals surface area (Å²) in [6.07, 6.45) is 1.18. The number of phenolic OH excluding ortho intramolecular Hbond substituents is 1. The van der Waals surface area contributed by atoms with Gasteiger partial charge in [-0.3, -0.25) is 10.3 Å². The average Bonchev–Trinajstić information content (AvgIpc) is 3.12. The van der Waals surface area contributed by atoms with Crippen molar-refractivity contribution in [3.8, 4) is 16.9 Å². The fourth-order valence-corrected chi connectivity index (χ4v) is 4.26. The highest BCUT2D eigenvalue weighted by Crippen LogP contribution is 2.43. The Morgan fingerprint density at radius 1 is 0.944 bits per heavy atom. The third-order valence-electron chi connectivity index (χ3n) is 5.92. The number of phenols is 1. The number of fused-ring (bicyclic) bond motifs is 1. The number of carbonyl (C=O) groups excluding carboxylic acids is 1. The number of hydrogen-bond donors (Lipinski definition) is 2. The van der Waals surface area contributed by atoms with Crippen LogP contribution in [0.1, 0.15) is 11.1 Å². The van der Waals surface area contributed by atoms with E-state index in [2.05, 4.69) is 10.3 Å². The van der Waals surface area contributed by atoms with Crippen molar-refractivity contribution in [2.24, 2.45) is 4.99 Å². The maximum atomic E-state index is 12.7. The van der Waals surface area contributed by atoms with Crippen LogP contribution in [-0.2, 0) is 11.3 Å². The highest BCUT2D eigenvalue weighted by molar-refractivity contribution is 6.30. The number of aromatic hydroxyl groups is 1. The number of rotatable bonds is 5. The molecule has 5 rings (SSSR count). The lowest BCUT2D eigenvalue weighted by Crippen LogP contribution is -2.21. The zero-order chi connectivity index (χ0) is 24.9. The zero-order valence-electron chi connectivity index (χ0n) is 19.4. The van der Waals surface area contributed by atoms with Crippen molar-refractivity contribution >= 4 is 41.0 Å². The van der Waals surface area contributed by atoms with Gasteiger partial charge in [-0.2, -0.15) is 0 Å². The molecule has 2 N–H and O–H groups in total. The third kappa shape index (κ3) is 5.19. The van der Waals surface area contributed by atoms with Crippen LogP contribution in [0.4, 0.5) is 21.9 Å². The lowest BCUT2D eigenvalue weighted by Gasteiger charge is -2.27. The Hall–Kier alpha value is -4.29. The number of carbonyl (C=O) groups is 1. The molecule has 0 saturated heterocycles. The number of para-hydroxylation sites is 1. The predicted octanol–water partition coefficient (Wildman–Crippen LogP) is 7.03. The van der Waals surface area contributed by atoms with Crippen molar-refractivity contribution in [2.75, 3.05) is 23.3 Å². The van der Waals surface area contributed by atoms with Crippen molar-refractivity contribution in [2.45, 2.75) is 6.61 Å². The number of nitrogens with zero attached hydrogens (tertiary/aromatic N) is 2. The van der Waals surface area contributed by atoms with Crippen LogP contribution < -0.4 is 10.2 Å². The number of halogens is 1. The molecule has 0 fully saturated rings. The number of ether oxygens (including phenoxy) is 1. The first-order valence-corrected chi connectivity index (χ1v) is 11.9. The number of aliphatic imine (C=N–C) groups is 1. The molecule has 0 radical (unpaired) electrons. The van der Waals surface area contributed by atoms with E-state index in [9.17, 15) is 9.90 Å². The lowest BCUT2D eigenvalue weighted by molar-refractivity contribution is 0.155. The molecule has 0 bridgehead atoms. The Balaban J connectivity index is 1.52. The molecule has 1 aliphatic heterocycles. The Labute approximate surface area is 214 Å². The predicted molar refractivity (Wildman–Crippen MR) is 145 cm³/mol. The minimum Gasteiger partial charge on any atom is -0.504 e. The second-order valence-electron chi connectivity index (χ2n) is 8.33. The molecular weight excluding hydrogens is 474 g/mol. The number of hydrogen-bond acceptors (Lipinski definition) is 5. The summed E-state index contributed by atoms with van der Waals surface area (Å²) >= 11 is 6.10. The number of nitrogens with one attached hydrogen (secondary N) is 1. The summed E-state index contributed by atoms with van der Waals surface area (Å²) in [6, 6.07) is 28.3. The van der Waals surface area contributed by atoms with Crippen LogP contribution in [0.3, 0.4) is 0 Å². The van der Waals surface area contributed by atoms with Crippen LogP contribution in [0.2, 0.25) is 5.02 Å². The molecule has 4 aromatic carbocycles. The minimum absolute atomic E-state index is 0.0546. The fourth-order valence-electron chi connectivity index (χ4n) is 4.13. The molecule has 36 heavy (non-hydrogen) atoms. The highest BCUT2D eigenvalue weighted by atomic mass is 35.5. The average molecular weight is 498 g/mol. The fraction of sp³-hybridized carbons (Fsp3) is 0.103. The maximum Gasteiger partial charge on any atom is 0.412 e. The topological polar surface area (TPSA) is 74.2 Å². The van der Waals surface area contributed by atoms with E-state index >= 15 is 0 Å². The first-order valence-electron chi connectivity index (χ1n) is 11.6. The van der Waals surface area contributed by atoms with Gasteiger partial charge in [-0.15, -0.1) is 0 Å². The second-order valence-corrected chi connectivity index (χ2v) is 8.77. The third-order valence-corrected chi connectivity index (χ3v) is 6.17. The second kappa shape index (κ2) is 10.5. The van der Waals surface area contributed by atoms with Crippen LogP contribution in [-0.4, -0.2) is 30.5 Å². The van der Waals surface area contributed by atoms with Crippen molar-refractivity contribution in [1.29, 1.82) is 0 Å². The molecule has 180 valence electrons. The van der Waals surface area contributed by atoms with Gasteiger partial charge in [0.25, 0.3) is 0 Å². The van der Waals surface area contributed by atoms with Gasteiger partial charge in [0.15, 0.2) is 5.75 Å². The minimum atomic E-state index is -0.659. The Bertz CT molecular complexity index is 1410. The van der Waals surface area contributed by atoms with Crippen molar-refractivity contribution < 1.29 is 14.6 Å². The molecular formula is C29H24ClN3O3. The SMILES string of the molecule is O=C(Nc1cc(-c2ccc(Cl)cc2)cc(N2CCN=Cc3ccccc32)c1O)OCc1ccccc1. The van der Waals surface area contributed by atoms with Crippen molar-refractivity contribution in [3.63, 3.8) is 0 Å². The molecule has 7 heteroatoms. The van der Waals surface area contributed by atoms with E-state index in [1.807, 2.05) is 83.9 Å². The van der Waals surface area contributed by atoms with Crippen molar-refractivity contribution in [1.82, 2.24) is 0 Å². The van der Waals surface area contributed by atoms with Gasteiger partial charge in [-0.25, -0.2) is 4.79 Å². The van der Waals surface area contributed by atoms with E-state index in [0.717, 1.165) is 27.9 Å². The molecule has 0 aromatic heterocycles.